The number of amides is 1. The van der Waals surface area contributed by atoms with Crippen molar-refractivity contribution in [2.45, 2.75) is 32.7 Å². The molecular formula is C17H23FN2O3. The molecule has 6 heteroatoms. The number of carbonyl (C=O) groups is 2. The van der Waals surface area contributed by atoms with Gasteiger partial charge in [-0.25, -0.2) is 4.39 Å². The van der Waals surface area contributed by atoms with Crippen LogP contribution in [0.1, 0.15) is 26.7 Å². The lowest BCUT2D eigenvalue weighted by Crippen LogP contribution is -2.48. The summed E-state index contributed by atoms with van der Waals surface area (Å²) in [6.07, 6.45) is 1.63. The van der Waals surface area contributed by atoms with Crippen molar-refractivity contribution in [2.24, 2.45) is 5.92 Å². The van der Waals surface area contributed by atoms with Gasteiger partial charge in [0.05, 0.1) is 18.6 Å². The Morgan fingerprint density at radius 2 is 2.26 bits per heavy atom. The SMILES string of the molecule is CCOC(=O)[C@H]1CCCN([C@@H](C)C(=O)Nc2cccc(F)c2)C1. The monoisotopic (exact) mass is 322 g/mol. The van der Waals surface area contributed by atoms with Crippen LogP contribution in [0.25, 0.3) is 0 Å². The van der Waals surface area contributed by atoms with Crippen LogP contribution < -0.4 is 5.32 Å². The molecule has 0 spiro atoms. The Morgan fingerprint density at radius 1 is 1.48 bits per heavy atom. The van der Waals surface area contributed by atoms with E-state index in [9.17, 15) is 14.0 Å². The minimum absolute atomic E-state index is 0.187. The molecule has 1 fully saturated rings. The first-order valence-corrected chi connectivity index (χ1v) is 7.98. The van der Waals surface area contributed by atoms with Crippen molar-refractivity contribution < 1.29 is 18.7 Å². The summed E-state index contributed by atoms with van der Waals surface area (Å²) in [5, 5.41) is 2.71. The lowest BCUT2D eigenvalue weighted by atomic mass is 9.97. The molecule has 1 heterocycles. The Balaban J connectivity index is 1.94. The fourth-order valence-electron chi connectivity index (χ4n) is 2.79. The number of nitrogens with one attached hydrogen (secondary N) is 1. The molecule has 0 aromatic heterocycles. The van der Waals surface area contributed by atoms with Crippen molar-refractivity contribution in [3.63, 3.8) is 0 Å². The van der Waals surface area contributed by atoms with Crippen molar-refractivity contribution in [1.29, 1.82) is 0 Å². The molecule has 0 saturated carbocycles. The molecule has 1 N–H and O–H groups in total. The first-order valence-electron chi connectivity index (χ1n) is 7.98. The van der Waals surface area contributed by atoms with Gasteiger partial charge in [0.15, 0.2) is 0 Å². The molecule has 1 amide bonds. The van der Waals surface area contributed by atoms with Crippen LogP contribution in [0.3, 0.4) is 0 Å². The van der Waals surface area contributed by atoms with E-state index in [0.717, 1.165) is 19.4 Å². The number of hydrogen-bond donors (Lipinski definition) is 1. The average Bonchev–Trinajstić information content (AvgIpc) is 2.54. The Bertz CT molecular complexity index is 565. The number of rotatable bonds is 5. The number of anilines is 1. The zero-order valence-corrected chi connectivity index (χ0v) is 13.5. The molecule has 1 aromatic rings. The van der Waals surface area contributed by atoms with Crippen molar-refractivity contribution >= 4 is 17.6 Å². The molecule has 5 nitrogen and oxygen atoms in total. The minimum atomic E-state index is -0.393. The number of halogens is 1. The summed E-state index contributed by atoms with van der Waals surface area (Å²) in [6, 6.07) is 5.41. The van der Waals surface area contributed by atoms with Gasteiger partial charge in [0, 0.05) is 12.2 Å². The van der Waals surface area contributed by atoms with Gasteiger partial charge in [-0.3, -0.25) is 14.5 Å². The molecule has 2 rings (SSSR count). The van der Waals surface area contributed by atoms with Crippen LogP contribution in [-0.2, 0) is 14.3 Å². The fraction of sp³-hybridized carbons (Fsp3) is 0.529. The highest BCUT2D eigenvalue weighted by Gasteiger charge is 2.31. The van der Waals surface area contributed by atoms with Gasteiger partial charge in [-0.1, -0.05) is 6.07 Å². The Kier molecular flexibility index (Phi) is 6.10. The maximum Gasteiger partial charge on any atom is 0.310 e. The van der Waals surface area contributed by atoms with Crippen LogP contribution in [0, 0.1) is 11.7 Å². The van der Waals surface area contributed by atoms with E-state index >= 15 is 0 Å². The number of ether oxygens (including phenoxy) is 1. The van der Waals surface area contributed by atoms with Crippen LogP contribution in [0.15, 0.2) is 24.3 Å². The van der Waals surface area contributed by atoms with Gasteiger partial charge in [-0.2, -0.15) is 0 Å². The van der Waals surface area contributed by atoms with Crippen molar-refractivity contribution in [3.05, 3.63) is 30.1 Å². The highest BCUT2D eigenvalue weighted by molar-refractivity contribution is 5.94. The lowest BCUT2D eigenvalue weighted by molar-refractivity contribution is -0.150. The predicted octanol–water partition coefficient (Wildman–Crippen LogP) is 2.43. The zero-order chi connectivity index (χ0) is 16.8. The van der Waals surface area contributed by atoms with Gasteiger partial charge in [-0.05, 0) is 51.4 Å². The van der Waals surface area contributed by atoms with Crippen molar-refractivity contribution in [2.75, 3.05) is 25.0 Å². The number of likely N-dealkylation sites (tertiary alicyclic amines) is 1. The third kappa shape index (κ3) is 4.76. The van der Waals surface area contributed by atoms with Crippen LogP contribution >= 0.6 is 0 Å². The van der Waals surface area contributed by atoms with E-state index in [1.807, 2.05) is 4.90 Å². The normalized spacial score (nSPS) is 19.9. The lowest BCUT2D eigenvalue weighted by Gasteiger charge is -2.35. The quantitative estimate of drug-likeness (QED) is 0.846. The molecule has 2 atom stereocenters. The molecule has 23 heavy (non-hydrogen) atoms. The summed E-state index contributed by atoms with van der Waals surface area (Å²) in [7, 11) is 0. The molecule has 126 valence electrons. The van der Waals surface area contributed by atoms with Crippen LogP contribution in [0.2, 0.25) is 0 Å². The van der Waals surface area contributed by atoms with E-state index in [2.05, 4.69) is 5.32 Å². The van der Waals surface area contributed by atoms with Gasteiger partial charge in [0.25, 0.3) is 0 Å². The maximum atomic E-state index is 13.2. The molecule has 0 bridgehead atoms. The van der Waals surface area contributed by atoms with Gasteiger partial charge in [0.2, 0.25) is 5.91 Å². The summed E-state index contributed by atoms with van der Waals surface area (Å²) in [5.74, 6) is -0.987. The zero-order valence-electron chi connectivity index (χ0n) is 13.5. The molecule has 1 aliphatic heterocycles. The number of hydrogen-bond acceptors (Lipinski definition) is 4. The average molecular weight is 322 g/mol. The fourth-order valence-corrected chi connectivity index (χ4v) is 2.79. The highest BCUT2D eigenvalue weighted by atomic mass is 19.1. The Labute approximate surface area is 135 Å². The molecular weight excluding hydrogens is 299 g/mol. The van der Waals surface area contributed by atoms with E-state index in [1.54, 1.807) is 26.0 Å². The summed E-state index contributed by atoms with van der Waals surface area (Å²) in [5.41, 5.74) is 0.431. The second-order valence-corrected chi connectivity index (χ2v) is 5.76. The summed E-state index contributed by atoms with van der Waals surface area (Å²) in [4.78, 5) is 26.2. The third-order valence-corrected chi connectivity index (χ3v) is 4.09. The number of nitrogens with zero attached hydrogens (tertiary/aromatic N) is 1. The van der Waals surface area contributed by atoms with Crippen LogP contribution in [-0.4, -0.2) is 42.5 Å². The molecule has 0 radical (unpaired) electrons. The topological polar surface area (TPSA) is 58.6 Å². The van der Waals surface area contributed by atoms with Gasteiger partial charge < -0.3 is 10.1 Å². The van der Waals surface area contributed by atoms with E-state index in [1.165, 1.54) is 12.1 Å². The number of benzene rings is 1. The Hall–Kier alpha value is -1.95. The number of carbonyl (C=O) groups excluding carboxylic acids is 2. The number of piperidine rings is 1. The largest absolute Gasteiger partial charge is 0.466 e. The molecule has 1 aliphatic rings. The summed E-state index contributed by atoms with van der Waals surface area (Å²) < 4.78 is 18.2. The first-order chi connectivity index (χ1) is 11.0. The van der Waals surface area contributed by atoms with Gasteiger partial charge in [0.1, 0.15) is 5.82 Å². The van der Waals surface area contributed by atoms with Crippen LogP contribution in [0.4, 0.5) is 10.1 Å². The standard InChI is InChI=1S/C17H23FN2O3/c1-3-23-17(22)13-6-5-9-20(11-13)12(2)16(21)19-15-8-4-7-14(18)10-15/h4,7-8,10,12-13H,3,5-6,9,11H2,1-2H3,(H,19,21)/t12-,13-/m0/s1. The van der Waals surface area contributed by atoms with E-state index in [4.69, 9.17) is 4.74 Å². The summed E-state index contributed by atoms with van der Waals surface area (Å²) in [6.45, 7) is 5.21. The molecule has 0 aliphatic carbocycles. The maximum absolute atomic E-state index is 13.2. The van der Waals surface area contributed by atoms with Gasteiger partial charge >= 0.3 is 5.97 Å². The minimum Gasteiger partial charge on any atom is -0.466 e. The molecule has 0 unspecified atom stereocenters. The number of esters is 1. The first kappa shape index (κ1) is 17.4. The van der Waals surface area contributed by atoms with E-state index < -0.39 is 11.9 Å². The van der Waals surface area contributed by atoms with Crippen molar-refractivity contribution in [1.82, 2.24) is 4.90 Å². The van der Waals surface area contributed by atoms with E-state index in [-0.39, 0.29) is 17.8 Å². The van der Waals surface area contributed by atoms with Crippen LogP contribution in [0.5, 0.6) is 0 Å². The highest BCUT2D eigenvalue weighted by Crippen LogP contribution is 2.20. The third-order valence-electron chi connectivity index (χ3n) is 4.09. The van der Waals surface area contributed by atoms with Crippen molar-refractivity contribution in [3.8, 4) is 0 Å². The smallest absolute Gasteiger partial charge is 0.310 e. The molecule has 1 saturated heterocycles. The molecule has 1 aromatic carbocycles. The second-order valence-electron chi connectivity index (χ2n) is 5.76. The van der Waals surface area contributed by atoms with E-state index in [0.29, 0.717) is 18.8 Å². The Morgan fingerprint density at radius 3 is 2.96 bits per heavy atom. The summed E-state index contributed by atoms with van der Waals surface area (Å²) >= 11 is 0. The predicted molar refractivity (Wildman–Crippen MR) is 85.4 cm³/mol. The second kappa shape index (κ2) is 8.06. The van der Waals surface area contributed by atoms with Gasteiger partial charge in [-0.15, -0.1) is 0 Å².